The van der Waals surface area contributed by atoms with E-state index in [-0.39, 0.29) is 30.9 Å². The van der Waals surface area contributed by atoms with Gasteiger partial charge in [0, 0.05) is 5.56 Å². The van der Waals surface area contributed by atoms with Gasteiger partial charge in [0.1, 0.15) is 18.0 Å². The first-order valence-electron chi connectivity index (χ1n) is 7.85. The molecule has 0 radical (unpaired) electrons. The lowest BCUT2D eigenvalue weighted by Gasteiger charge is -2.19. The molecule has 0 heterocycles. The summed E-state index contributed by atoms with van der Waals surface area (Å²) in [5.41, 5.74) is -0.0234. The summed E-state index contributed by atoms with van der Waals surface area (Å²) in [6, 6.07) is 2.41. The van der Waals surface area contributed by atoms with Gasteiger partial charge in [-0.3, -0.25) is 20.2 Å². The van der Waals surface area contributed by atoms with Crippen LogP contribution in [0.15, 0.2) is 12.1 Å². The summed E-state index contributed by atoms with van der Waals surface area (Å²) in [5.74, 6) is -1.74. The van der Waals surface area contributed by atoms with E-state index in [9.17, 15) is 18.8 Å². The Hall–Kier alpha value is -2.68. The Morgan fingerprint density at radius 1 is 1.15 bits per heavy atom. The fraction of sp³-hybridized carbons (Fsp3) is 0.471. The molecule has 0 saturated heterocycles. The topological polar surface area (TPSA) is 114 Å². The standard InChI is InChI=1S/C17H23FN2O6/c1-10-5-11(13(6-12(10)18)20-16(23)24)9-25-14(21)7-19-8-15(22)26-17(2,3)4/h5-6,19-20H,7-9H2,1-4H3,(H,23,24). The fourth-order valence-corrected chi connectivity index (χ4v) is 1.95. The Kier molecular flexibility index (Phi) is 7.51. The number of halogens is 1. The molecule has 0 bridgehead atoms. The molecular formula is C17H23FN2O6. The van der Waals surface area contributed by atoms with Crippen molar-refractivity contribution in [2.75, 3.05) is 18.4 Å². The number of nitrogens with one attached hydrogen (secondary N) is 2. The van der Waals surface area contributed by atoms with Gasteiger partial charge in [0.25, 0.3) is 0 Å². The molecule has 0 atom stereocenters. The second-order valence-corrected chi connectivity index (χ2v) is 6.54. The highest BCUT2D eigenvalue weighted by Crippen LogP contribution is 2.21. The van der Waals surface area contributed by atoms with E-state index >= 15 is 0 Å². The highest BCUT2D eigenvalue weighted by molar-refractivity contribution is 5.84. The van der Waals surface area contributed by atoms with Crippen molar-refractivity contribution in [1.29, 1.82) is 0 Å². The van der Waals surface area contributed by atoms with Crippen LogP contribution in [0.5, 0.6) is 0 Å². The van der Waals surface area contributed by atoms with Crippen molar-refractivity contribution in [3.05, 3.63) is 29.1 Å². The Bertz CT molecular complexity index is 685. The summed E-state index contributed by atoms with van der Waals surface area (Å²) < 4.78 is 23.7. The van der Waals surface area contributed by atoms with Crippen LogP contribution in [0, 0.1) is 12.7 Å². The maximum atomic E-state index is 13.6. The quantitative estimate of drug-likeness (QED) is 0.631. The summed E-state index contributed by atoms with van der Waals surface area (Å²) in [6.07, 6.45) is -1.36. The van der Waals surface area contributed by atoms with Gasteiger partial charge in [0.2, 0.25) is 0 Å². The number of aryl methyl sites for hydroxylation is 1. The SMILES string of the molecule is Cc1cc(COC(=O)CNCC(=O)OC(C)(C)C)c(NC(=O)O)cc1F. The lowest BCUT2D eigenvalue weighted by molar-refractivity contribution is -0.153. The van der Waals surface area contributed by atoms with Gasteiger partial charge in [-0.05, 0) is 45.4 Å². The molecule has 1 rings (SSSR count). The van der Waals surface area contributed by atoms with E-state index in [2.05, 4.69) is 10.6 Å². The van der Waals surface area contributed by atoms with E-state index in [0.29, 0.717) is 5.56 Å². The molecule has 144 valence electrons. The zero-order chi connectivity index (χ0) is 19.9. The molecule has 26 heavy (non-hydrogen) atoms. The lowest BCUT2D eigenvalue weighted by atomic mass is 10.1. The van der Waals surface area contributed by atoms with Crippen LogP contribution in [0.3, 0.4) is 0 Å². The molecule has 0 saturated carbocycles. The van der Waals surface area contributed by atoms with Crippen molar-refractivity contribution in [3.8, 4) is 0 Å². The molecular weight excluding hydrogens is 347 g/mol. The van der Waals surface area contributed by atoms with Crippen LogP contribution in [0.1, 0.15) is 31.9 Å². The maximum Gasteiger partial charge on any atom is 0.409 e. The van der Waals surface area contributed by atoms with Gasteiger partial charge in [0.05, 0.1) is 18.8 Å². The molecule has 0 fully saturated rings. The molecule has 8 nitrogen and oxygen atoms in total. The van der Waals surface area contributed by atoms with Gasteiger partial charge in [-0.25, -0.2) is 9.18 Å². The summed E-state index contributed by atoms with van der Waals surface area (Å²) in [5, 5.41) is 13.4. The van der Waals surface area contributed by atoms with Crippen LogP contribution in [0.2, 0.25) is 0 Å². The smallest absolute Gasteiger partial charge is 0.409 e. The number of amides is 1. The monoisotopic (exact) mass is 370 g/mol. The Balaban J connectivity index is 2.53. The summed E-state index contributed by atoms with van der Waals surface area (Å²) in [7, 11) is 0. The van der Waals surface area contributed by atoms with Gasteiger partial charge in [0.15, 0.2) is 0 Å². The first-order chi connectivity index (χ1) is 12.0. The first-order valence-corrected chi connectivity index (χ1v) is 7.85. The number of hydrogen-bond donors (Lipinski definition) is 3. The van der Waals surface area contributed by atoms with Crippen molar-refractivity contribution < 1.29 is 33.4 Å². The number of ether oxygens (including phenoxy) is 2. The van der Waals surface area contributed by atoms with E-state index in [4.69, 9.17) is 14.6 Å². The van der Waals surface area contributed by atoms with E-state index in [1.54, 1.807) is 20.8 Å². The van der Waals surface area contributed by atoms with Crippen LogP contribution in [-0.2, 0) is 25.7 Å². The van der Waals surface area contributed by atoms with Crippen LogP contribution in [0.25, 0.3) is 0 Å². The lowest BCUT2D eigenvalue weighted by Crippen LogP contribution is -2.34. The number of benzene rings is 1. The molecule has 0 spiro atoms. The molecule has 0 aliphatic heterocycles. The summed E-state index contributed by atoms with van der Waals surface area (Å²) in [6.45, 7) is 6.05. The van der Waals surface area contributed by atoms with Gasteiger partial charge >= 0.3 is 18.0 Å². The number of anilines is 1. The Morgan fingerprint density at radius 2 is 1.77 bits per heavy atom. The molecule has 0 aliphatic carbocycles. The number of hydrogen-bond acceptors (Lipinski definition) is 6. The van der Waals surface area contributed by atoms with Crippen molar-refractivity contribution in [2.45, 2.75) is 39.9 Å². The van der Waals surface area contributed by atoms with Gasteiger partial charge < -0.3 is 14.6 Å². The third kappa shape index (κ3) is 7.93. The molecule has 0 unspecified atom stereocenters. The van der Waals surface area contributed by atoms with Gasteiger partial charge in [-0.15, -0.1) is 0 Å². The van der Waals surface area contributed by atoms with E-state index in [1.165, 1.54) is 13.0 Å². The number of carboxylic acid groups (broad SMARTS) is 1. The van der Waals surface area contributed by atoms with Gasteiger partial charge in [-0.1, -0.05) is 0 Å². The van der Waals surface area contributed by atoms with E-state index in [1.807, 2.05) is 0 Å². The second kappa shape index (κ2) is 9.14. The molecule has 3 N–H and O–H groups in total. The van der Waals surface area contributed by atoms with Crippen molar-refractivity contribution in [2.24, 2.45) is 0 Å². The molecule has 1 amide bonds. The summed E-state index contributed by atoms with van der Waals surface area (Å²) >= 11 is 0. The average molecular weight is 370 g/mol. The minimum Gasteiger partial charge on any atom is -0.465 e. The molecule has 1 aromatic carbocycles. The zero-order valence-corrected chi connectivity index (χ0v) is 15.1. The predicted molar refractivity (Wildman–Crippen MR) is 91.3 cm³/mol. The zero-order valence-electron chi connectivity index (χ0n) is 15.1. The van der Waals surface area contributed by atoms with Gasteiger partial charge in [-0.2, -0.15) is 0 Å². The summed E-state index contributed by atoms with van der Waals surface area (Å²) in [4.78, 5) is 34.0. The average Bonchev–Trinajstić information content (AvgIpc) is 2.47. The maximum absolute atomic E-state index is 13.6. The Labute approximate surface area is 150 Å². The van der Waals surface area contributed by atoms with Crippen molar-refractivity contribution in [1.82, 2.24) is 5.32 Å². The number of carbonyl (C=O) groups excluding carboxylic acids is 2. The van der Waals surface area contributed by atoms with Crippen LogP contribution < -0.4 is 10.6 Å². The number of rotatable bonds is 7. The number of esters is 2. The minimum absolute atomic E-state index is 0.00452. The second-order valence-electron chi connectivity index (χ2n) is 6.54. The van der Waals surface area contributed by atoms with Crippen LogP contribution in [-0.4, -0.2) is 41.8 Å². The molecule has 1 aromatic rings. The van der Waals surface area contributed by atoms with Crippen LogP contribution >= 0.6 is 0 Å². The molecule has 0 aromatic heterocycles. The minimum atomic E-state index is -1.36. The highest BCUT2D eigenvalue weighted by atomic mass is 19.1. The first kappa shape index (κ1) is 21.4. The third-order valence-electron chi connectivity index (χ3n) is 2.97. The normalized spacial score (nSPS) is 11.0. The number of carbonyl (C=O) groups is 3. The van der Waals surface area contributed by atoms with Crippen molar-refractivity contribution >= 4 is 23.7 Å². The molecule has 0 aliphatic rings. The van der Waals surface area contributed by atoms with Crippen molar-refractivity contribution in [3.63, 3.8) is 0 Å². The highest BCUT2D eigenvalue weighted by Gasteiger charge is 2.16. The fourth-order valence-electron chi connectivity index (χ4n) is 1.95. The molecule has 9 heteroatoms. The van der Waals surface area contributed by atoms with E-state index in [0.717, 1.165) is 6.07 Å². The predicted octanol–water partition coefficient (Wildman–Crippen LogP) is 2.20. The Morgan fingerprint density at radius 3 is 2.35 bits per heavy atom. The van der Waals surface area contributed by atoms with Crippen LogP contribution in [0.4, 0.5) is 14.9 Å². The van der Waals surface area contributed by atoms with E-state index < -0.39 is 29.5 Å². The largest absolute Gasteiger partial charge is 0.465 e. The third-order valence-corrected chi connectivity index (χ3v) is 2.97.